The van der Waals surface area contributed by atoms with Crippen LogP contribution in [0.2, 0.25) is 0 Å². The molecule has 7 heteroatoms. The average molecular weight is 392 g/mol. The monoisotopic (exact) mass is 391 g/mol. The van der Waals surface area contributed by atoms with E-state index in [0.29, 0.717) is 12.0 Å². The maximum Gasteiger partial charge on any atom is 0.250 e. The van der Waals surface area contributed by atoms with Crippen molar-refractivity contribution in [1.82, 2.24) is 20.1 Å². The number of rotatable bonds is 10. The molecular weight excluding hydrogens is 354 g/mol. The topological polar surface area (TPSA) is 70.9 Å². The lowest BCUT2D eigenvalue weighted by molar-refractivity contribution is 0.0132. The molecule has 1 fully saturated rings. The van der Waals surface area contributed by atoms with Gasteiger partial charge in [-0.2, -0.15) is 0 Å². The Hall–Kier alpha value is -1.86. The van der Waals surface area contributed by atoms with E-state index in [-0.39, 0.29) is 5.56 Å². The van der Waals surface area contributed by atoms with Crippen LogP contribution in [-0.2, 0) is 11.3 Å². The second kappa shape index (κ2) is 12.6. The largest absolute Gasteiger partial charge is 0.379 e. The van der Waals surface area contributed by atoms with Crippen molar-refractivity contribution in [2.24, 2.45) is 10.9 Å². The molecule has 1 aromatic heterocycles. The fraction of sp³-hybridized carbons (Fsp3) is 0.714. The van der Waals surface area contributed by atoms with Crippen molar-refractivity contribution in [3.05, 3.63) is 34.7 Å². The summed E-state index contributed by atoms with van der Waals surface area (Å²) < 4.78 is 7.25. The number of hydrogen-bond donors (Lipinski definition) is 2. The van der Waals surface area contributed by atoms with E-state index in [1.807, 2.05) is 19.3 Å². The van der Waals surface area contributed by atoms with Crippen LogP contribution in [-0.4, -0.2) is 67.9 Å². The average Bonchev–Trinajstić information content (AvgIpc) is 2.70. The zero-order chi connectivity index (χ0) is 20.2. The van der Waals surface area contributed by atoms with Crippen molar-refractivity contribution in [3.63, 3.8) is 0 Å². The number of nitrogens with one attached hydrogen (secondary N) is 2. The molecule has 28 heavy (non-hydrogen) atoms. The lowest BCUT2D eigenvalue weighted by atomic mass is 10.0. The Morgan fingerprint density at radius 3 is 2.68 bits per heavy atom. The molecule has 1 aliphatic heterocycles. The molecule has 1 aliphatic rings. The van der Waals surface area contributed by atoms with Gasteiger partial charge in [-0.3, -0.25) is 14.7 Å². The normalized spacial score (nSPS) is 16.9. The number of aromatic nitrogens is 1. The van der Waals surface area contributed by atoms with Gasteiger partial charge in [0.05, 0.1) is 13.2 Å². The first-order valence-electron chi connectivity index (χ1n) is 10.5. The molecule has 158 valence electrons. The minimum Gasteiger partial charge on any atom is -0.379 e. The standard InChI is InChI=1S/C21H37N5O2/c1-18(2)16-19(25-12-14-28-15-13-25)17-24-21(22-3)23-9-5-7-11-26-10-6-4-8-20(26)27/h4,6,8,10,18-19H,5,7,9,11-17H2,1-3H3,(H2,22,23,24). The summed E-state index contributed by atoms with van der Waals surface area (Å²) in [7, 11) is 1.81. The van der Waals surface area contributed by atoms with Gasteiger partial charge in [-0.05, 0) is 31.2 Å². The smallest absolute Gasteiger partial charge is 0.250 e. The molecular formula is C21H37N5O2. The van der Waals surface area contributed by atoms with Crippen LogP contribution in [0.25, 0.3) is 0 Å². The van der Waals surface area contributed by atoms with Crippen molar-refractivity contribution in [2.75, 3.05) is 46.4 Å². The number of guanidine groups is 1. The van der Waals surface area contributed by atoms with Gasteiger partial charge >= 0.3 is 0 Å². The van der Waals surface area contributed by atoms with E-state index >= 15 is 0 Å². The Labute approximate surface area is 169 Å². The number of ether oxygens (including phenoxy) is 1. The van der Waals surface area contributed by atoms with Gasteiger partial charge in [0, 0.05) is 58.1 Å². The summed E-state index contributed by atoms with van der Waals surface area (Å²) in [5, 5.41) is 6.88. The molecule has 2 heterocycles. The molecule has 0 aromatic carbocycles. The maximum atomic E-state index is 11.7. The van der Waals surface area contributed by atoms with Crippen LogP contribution in [0.3, 0.4) is 0 Å². The molecule has 0 radical (unpaired) electrons. The minimum absolute atomic E-state index is 0.0623. The second-order valence-corrected chi connectivity index (χ2v) is 7.75. The first-order chi connectivity index (χ1) is 13.6. The van der Waals surface area contributed by atoms with Crippen LogP contribution < -0.4 is 16.2 Å². The Morgan fingerprint density at radius 1 is 1.21 bits per heavy atom. The number of nitrogens with zero attached hydrogens (tertiary/aromatic N) is 3. The van der Waals surface area contributed by atoms with E-state index in [4.69, 9.17) is 4.74 Å². The summed E-state index contributed by atoms with van der Waals surface area (Å²) in [4.78, 5) is 18.6. The number of aliphatic imine (C=N–C) groups is 1. The molecule has 2 N–H and O–H groups in total. The number of morpholine rings is 1. The molecule has 1 aromatic rings. The summed E-state index contributed by atoms with van der Waals surface area (Å²) in [6.45, 7) is 10.7. The maximum absolute atomic E-state index is 11.7. The summed E-state index contributed by atoms with van der Waals surface area (Å²) in [5.41, 5.74) is 0.0623. The third kappa shape index (κ3) is 8.02. The molecule has 1 saturated heterocycles. The Kier molecular flexibility index (Phi) is 10.1. The van der Waals surface area contributed by atoms with Crippen molar-refractivity contribution in [3.8, 4) is 0 Å². The Balaban J connectivity index is 1.70. The molecule has 0 amide bonds. The van der Waals surface area contributed by atoms with E-state index in [0.717, 1.165) is 71.2 Å². The van der Waals surface area contributed by atoms with Crippen LogP contribution in [0.5, 0.6) is 0 Å². The summed E-state index contributed by atoms with van der Waals surface area (Å²) in [5.74, 6) is 1.50. The number of unbranched alkanes of at least 4 members (excludes halogenated alkanes) is 1. The molecule has 1 unspecified atom stereocenters. The second-order valence-electron chi connectivity index (χ2n) is 7.75. The molecule has 0 bridgehead atoms. The zero-order valence-corrected chi connectivity index (χ0v) is 17.7. The molecule has 7 nitrogen and oxygen atoms in total. The highest BCUT2D eigenvalue weighted by molar-refractivity contribution is 5.79. The van der Waals surface area contributed by atoms with E-state index in [2.05, 4.69) is 34.4 Å². The van der Waals surface area contributed by atoms with Gasteiger partial charge in [0.1, 0.15) is 0 Å². The summed E-state index contributed by atoms with van der Waals surface area (Å²) in [6.07, 6.45) is 4.95. The van der Waals surface area contributed by atoms with Crippen molar-refractivity contribution >= 4 is 5.96 Å². The summed E-state index contributed by atoms with van der Waals surface area (Å²) >= 11 is 0. The predicted octanol–water partition coefficient (Wildman–Crippen LogP) is 1.54. The number of aryl methyl sites for hydroxylation is 1. The highest BCUT2D eigenvalue weighted by atomic mass is 16.5. The van der Waals surface area contributed by atoms with Gasteiger partial charge in [0.2, 0.25) is 5.56 Å². The van der Waals surface area contributed by atoms with Crippen LogP contribution >= 0.6 is 0 Å². The molecule has 0 aliphatic carbocycles. The number of pyridine rings is 1. The third-order valence-electron chi connectivity index (χ3n) is 5.05. The molecule has 1 atom stereocenters. The van der Waals surface area contributed by atoms with Crippen LogP contribution in [0.1, 0.15) is 33.1 Å². The van der Waals surface area contributed by atoms with Gasteiger partial charge in [0.25, 0.3) is 0 Å². The van der Waals surface area contributed by atoms with Crippen LogP contribution in [0, 0.1) is 5.92 Å². The first-order valence-corrected chi connectivity index (χ1v) is 10.5. The van der Waals surface area contributed by atoms with Gasteiger partial charge in [-0.1, -0.05) is 19.9 Å². The van der Waals surface area contributed by atoms with E-state index in [1.165, 1.54) is 0 Å². The van der Waals surface area contributed by atoms with E-state index < -0.39 is 0 Å². The van der Waals surface area contributed by atoms with Crippen molar-refractivity contribution in [2.45, 2.75) is 45.7 Å². The van der Waals surface area contributed by atoms with E-state index in [9.17, 15) is 4.79 Å². The lowest BCUT2D eigenvalue weighted by Crippen LogP contribution is -2.51. The van der Waals surface area contributed by atoms with Crippen LogP contribution in [0.4, 0.5) is 0 Å². The van der Waals surface area contributed by atoms with Gasteiger partial charge in [-0.25, -0.2) is 0 Å². The Bertz CT molecular complexity index is 638. The van der Waals surface area contributed by atoms with Crippen molar-refractivity contribution in [1.29, 1.82) is 0 Å². The third-order valence-corrected chi connectivity index (χ3v) is 5.05. The summed E-state index contributed by atoms with van der Waals surface area (Å²) in [6, 6.07) is 5.77. The minimum atomic E-state index is 0.0623. The highest BCUT2D eigenvalue weighted by Crippen LogP contribution is 2.12. The van der Waals surface area contributed by atoms with E-state index in [1.54, 1.807) is 16.7 Å². The fourth-order valence-electron chi connectivity index (χ4n) is 3.54. The quantitative estimate of drug-likeness (QED) is 0.360. The Morgan fingerprint density at radius 2 is 2.00 bits per heavy atom. The van der Waals surface area contributed by atoms with Gasteiger partial charge in [-0.15, -0.1) is 0 Å². The fourth-order valence-corrected chi connectivity index (χ4v) is 3.54. The van der Waals surface area contributed by atoms with Gasteiger partial charge in [0.15, 0.2) is 5.96 Å². The predicted molar refractivity (Wildman–Crippen MR) is 115 cm³/mol. The zero-order valence-electron chi connectivity index (χ0n) is 17.7. The first kappa shape index (κ1) is 22.4. The molecule has 0 spiro atoms. The van der Waals surface area contributed by atoms with Crippen LogP contribution in [0.15, 0.2) is 34.2 Å². The SMILES string of the molecule is CN=C(NCCCCn1ccccc1=O)NCC(CC(C)C)N1CCOCC1. The highest BCUT2D eigenvalue weighted by Gasteiger charge is 2.22. The lowest BCUT2D eigenvalue weighted by Gasteiger charge is -2.35. The molecule has 2 rings (SSSR count). The molecule has 0 saturated carbocycles. The number of hydrogen-bond acceptors (Lipinski definition) is 4. The van der Waals surface area contributed by atoms with Gasteiger partial charge < -0.3 is 19.9 Å². The van der Waals surface area contributed by atoms with Crippen molar-refractivity contribution < 1.29 is 4.74 Å².